The first kappa shape index (κ1) is 21.9. The van der Waals surface area contributed by atoms with E-state index in [1.54, 1.807) is 4.68 Å². The van der Waals surface area contributed by atoms with Gasteiger partial charge >= 0.3 is 0 Å². The molecular formula is C25H31F2N7. The predicted octanol–water partition coefficient (Wildman–Crippen LogP) is 3.55. The van der Waals surface area contributed by atoms with E-state index in [2.05, 4.69) is 19.8 Å². The Morgan fingerprint density at radius 2 is 1.88 bits per heavy atom. The lowest BCUT2D eigenvalue weighted by molar-refractivity contribution is -0.0526. The lowest BCUT2D eigenvalue weighted by atomic mass is 9.81. The van der Waals surface area contributed by atoms with E-state index in [1.165, 1.54) is 6.33 Å². The van der Waals surface area contributed by atoms with Crippen molar-refractivity contribution in [2.45, 2.75) is 56.5 Å². The van der Waals surface area contributed by atoms with Crippen molar-refractivity contribution in [3.63, 3.8) is 0 Å². The number of nitrogen functional groups attached to an aromatic ring is 1. The van der Waals surface area contributed by atoms with Crippen molar-refractivity contribution in [3.05, 3.63) is 36.2 Å². The van der Waals surface area contributed by atoms with Crippen LogP contribution in [0.3, 0.4) is 0 Å². The van der Waals surface area contributed by atoms with Gasteiger partial charge in [-0.15, -0.1) is 0 Å². The minimum Gasteiger partial charge on any atom is -0.383 e. The Hall–Kier alpha value is -2.65. The zero-order valence-corrected chi connectivity index (χ0v) is 19.5. The zero-order valence-electron chi connectivity index (χ0n) is 19.5. The molecule has 34 heavy (non-hydrogen) atoms. The maximum atomic E-state index is 15.6. The second-order valence-electron chi connectivity index (χ2n) is 10.3. The number of rotatable bonds is 5. The van der Waals surface area contributed by atoms with Crippen LogP contribution in [-0.4, -0.2) is 80.2 Å². The third-order valence-corrected chi connectivity index (χ3v) is 7.91. The van der Waals surface area contributed by atoms with E-state index in [9.17, 15) is 4.39 Å². The Kier molecular flexibility index (Phi) is 5.29. The van der Waals surface area contributed by atoms with Gasteiger partial charge in [0.1, 0.15) is 29.7 Å². The van der Waals surface area contributed by atoms with Crippen molar-refractivity contribution in [3.8, 4) is 11.3 Å². The van der Waals surface area contributed by atoms with Crippen LogP contribution in [-0.2, 0) is 0 Å². The van der Waals surface area contributed by atoms with Gasteiger partial charge in [-0.2, -0.15) is 5.10 Å². The van der Waals surface area contributed by atoms with Gasteiger partial charge in [0.2, 0.25) is 0 Å². The first-order chi connectivity index (χ1) is 16.4. The minimum absolute atomic E-state index is 0.304. The second kappa shape index (κ2) is 8.23. The van der Waals surface area contributed by atoms with Crippen LogP contribution in [0.15, 0.2) is 30.6 Å². The van der Waals surface area contributed by atoms with Crippen LogP contribution in [0.2, 0.25) is 0 Å². The van der Waals surface area contributed by atoms with Gasteiger partial charge in [-0.05, 0) is 32.6 Å². The molecule has 3 aromatic rings. The number of fused-ring (bicyclic) bond motifs is 1. The summed E-state index contributed by atoms with van der Waals surface area (Å²) in [5, 5.41) is 5.50. The van der Waals surface area contributed by atoms with Crippen molar-refractivity contribution in [2.75, 3.05) is 38.5 Å². The van der Waals surface area contributed by atoms with E-state index in [4.69, 9.17) is 10.8 Å². The normalized spacial score (nSPS) is 25.9. The van der Waals surface area contributed by atoms with E-state index < -0.39 is 17.9 Å². The highest BCUT2D eigenvalue weighted by Gasteiger charge is 2.44. The summed E-state index contributed by atoms with van der Waals surface area (Å²) in [5.41, 5.74) is 8.56. The molecule has 3 fully saturated rings. The van der Waals surface area contributed by atoms with E-state index in [0.717, 1.165) is 37.2 Å². The standard InChI is InChI=1S/C25H31F2N7/c1-16-3-5-17(6-4-16)22-21-23(28)29-15-30-24(21)34(31-22)20-7-10-33(13-19(20)26)18-11-32(12-18)14-25(27)8-2-9-25/h3-6,15,18-20H,2,7-14H2,1H3,(H2,28,29,30)/t19-,20+/m1/s1. The quantitative estimate of drug-likeness (QED) is 0.619. The Bertz CT molecular complexity index is 1180. The fourth-order valence-corrected chi connectivity index (χ4v) is 5.69. The average molecular weight is 468 g/mol. The van der Waals surface area contributed by atoms with Crippen molar-refractivity contribution >= 4 is 16.9 Å². The van der Waals surface area contributed by atoms with Crippen molar-refractivity contribution < 1.29 is 8.78 Å². The highest BCUT2D eigenvalue weighted by atomic mass is 19.1. The Morgan fingerprint density at radius 3 is 2.56 bits per heavy atom. The Labute approximate surface area is 197 Å². The number of halogens is 2. The summed E-state index contributed by atoms with van der Waals surface area (Å²) in [7, 11) is 0. The van der Waals surface area contributed by atoms with Gasteiger partial charge in [-0.1, -0.05) is 29.8 Å². The van der Waals surface area contributed by atoms with Crippen LogP contribution in [0.1, 0.15) is 37.3 Å². The van der Waals surface area contributed by atoms with Crippen LogP contribution < -0.4 is 5.73 Å². The number of aromatic nitrogens is 4. The van der Waals surface area contributed by atoms with Gasteiger partial charge in [0.15, 0.2) is 5.65 Å². The first-order valence-electron chi connectivity index (χ1n) is 12.3. The molecular weight excluding hydrogens is 436 g/mol. The molecule has 0 bridgehead atoms. The summed E-state index contributed by atoms with van der Waals surface area (Å²) in [4.78, 5) is 13.0. The highest BCUT2D eigenvalue weighted by molar-refractivity contribution is 5.98. The molecule has 2 saturated heterocycles. The molecule has 1 aliphatic carbocycles. The number of hydrogen-bond acceptors (Lipinski definition) is 6. The monoisotopic (exact) mass is 467 g/mol. The summed E-state index contributed by atoms with van der Waals surface area (Å²) in [6.45, 7) is 5.35. The third-order valence-electron chi connectivity index (χ3n) is 7.91. The molecule has 7 nitrogen and oxygen atoms in total. The van der Waals surface area contributed by atoms with Crippen molar-refractivity contribution in [1.29, 1.82) is 0 Å². The lowest BCUT2D eigenvalue weighted by Gasteiger charge is -2.50. The van der Waals surface area contributed by atoms with Crippen molar-refractivity contribution in [1.82, 2.24) is 29.5 Å². The number of anilines is 1. The molecule has 4 heterocycles. The predicted molar refractivity (Wildman–Crippen MR) is 128 cm³/mol. The average Bonchev–Trinajstić information content (AvgIpc) is 3.16. The van der Waals surface area contributed by atoms with Gasteiger partial charge in [0.05, 0.1) is 11.4 Å². The molecule has 1 saturated carbocycles. The SMILES string of the molecule is Cc1ccc(-c2nn([C@H]3CCN(C4CN(CC5(F)CCC5)C4)C[C@H]3F)c3ncnc(N)c23)cc1. The molecule has 0 radical (unpaired) electrons. The number of likely N-dealkylation sites (tertiary alicyclic amines) is 2. The van der Waals surface area contributed by atoms with E-state index in [-0.39, 0.29) is 0 Å². The fourth-order valence-electron chi connectivity index (χ4n) is 5.69. The zero-order chi connectivity index (χ0) is 23.4. The minimum atomic E-state index is -1.08. The van der Waals surface area contributed by atoms with E-state index in [1.807, 2.05) is 31.2 Å². The number of nitrogens with two attached hydrogens (primary N) is 1. The summed E-state index contributed by atoms with van der Waals surface area (Å²) in [6.07, 6.45) is 3.34. The van der Waals surface area contributed by atoms with Crippen molar-refractivity contribution in [2.24, 2.45) is 0 Å². The number of aryl methyl sites for hydroxylation is 1. The lowest BCUT2D eigenvalue weighted by Crippen LogP contribution is -2.64. The van der Waals surface area contributed by atoms with Crippen LogP contribution in [0.25, 0.3) is 22.3 Å². The molecule has 0 amide bonds. The summed E-state index contributed by atoms with van der Waals surface area (Å²) in [6, 6.07) is 7.93. The fraction of sp³-hybridized carbons (Fsp3) is 0.560. The van der Waals surface area contributed by atoms with Gasteiger partial charge in [-0.25, -0.2) is 23.4 Å². The maximum Gasteiger partial charge on any atom is 0.164 e. The molecule has 2 N–H and O–H groups in total. The molecule has 2 atom stereocenters. The maximum absolute atomic E-state index is 15.6. The molecule has 6 rings (SSSR count). The summed E-state index contributed by atoms with van der Waals surface area (Å²) >= 11 is 0. The molecule has 2 aromatic heterocycles. The van der Waals surface area contributed by atoms with Crippen LogP contribution in [0, 0.1) is 6.92 Å². The summed E-state index contributed by atoms with van der Waals surface area (Å²) < 4.78 is 31.7. The van der Waals surface area contributed by atoms with Gasteiger partial charge < -0.3 is 5.73 Å². The number of benzene rings is 1. The molecule has 3 aliphatic rings. The Balaban J connectivity index is 1.19. The van der Waals surface area contributed by atoms with Gasteiger partial charge in [-0.3, -0.25) is 9.80 Å². The molecule has 0 unspecified atom stereocenters. The van der Waals surface area contributed by atoms with Gasteiger partial charge in [0.25, 0.3) is 0 Å². The van der Waals surface area contributed by atoms with E-state index in [0.29, 0.717) is 60.9 Å². The third kappa shape index (κ3) is 3.75. The molecule has 0 spiro atoms. The topological polar surface area (TPSA) is 76.1 Å². The van der Waals surface area contributed by atoms with Crippen LogP contribution >= 0.6 is 0 Å². The van der Waals surface area contributed by atoms with E-state index >= 15 is 4.39 Å². The Morgan fingerprint density at radius 1 is 1.12 bits per heavy atom. The summed E-state index contributed by atoms with van der Waals surface area (Å²) in [5.74, 6) is 0.353. The molecule has 2 aliphatic heterocycles. The molecule has 1 aromatic carbocycles. The highest BCUT2D eigenvalue weighted by Crippen LogP contribution is 2.39. The van der Waals surface area contributed by atoms with Gasteiger partial charge in [0, 0.05) is 44.3 Å². The van der Waals surface area contributed by atoms with Crippen LogP contribution in [0.4, 0.5) is 14.6 Å². The smallest absolute Gasteiger partial charge is 0.164 e. The molecule has 9 heteroatoms. The largest absolute Gasteiger partial charge is 0.383 e. The number of nitrogens with zero attached hydrogens (tertiary/aromatic N) is 6. The second-order valence-corrected chi connectivity index (χ2v) is 10.3. The van der Waals surface area contributed by atoms with Crippen LogP contribution in [0.5, 0.6) is 0 Å². The number of piperidine rings is 1. The first-order valence-corrected chi connectivity index (χ1v) is 12.3. The molecule has 180 valence electrons. The number of alkyl halides is 2. The number of hydrogen-bond donors (Lipinski definition) is 1.